The van der Waals surface area contributed by atoms with E-state index in [1.165, 1.54) is 32.1 Å². The smallest absolute Gasteiger partial charge is 0.237 e. The van der Waals surface area contributed by atoms with Crippen LogP contribution >= 0.6 is 11.8 Å². The van der Waals surface area contributed by atoms with E-state index < -0.39 is 0 Å². The van der Waals surface area contributed by atoms with Gasteiger partial charge in [0.15, 0.2) is 0 Å². The maximum Gasteiger partial charge on any atom is 0.237 e. The maximum atomic E-state index is 11.7. The number of nitrogens with one attached hydrogen (secondary N) is 2. The highest BCUT2D eigenvalue weighted by atomic mass is 32.2. The molecule has 1 aliphatic rings. The van der Waals surface area contributed by atoms with E-state index in [2.05, 4.69) is 22.8 Å². The van der Waals surface area contributed by atoms with E-state index in [9.17, 15) is 4.79 Å². The average molecular weight is 268 g/mol. The molecule has 1 aliphatic carbocycles. The van der Waals surface area contributed by atoms with Gasteiger partial charge in [-0.25, -0.2) is 0 Å². The Kier molecular flexibility index (Phi) is 6.59. The van der Waals surface area contributed by atoms with Crippen LogP contribution in [-0.2, 0) is 4.79 Å². The van der Waals surface area contributed by atoms with Crippen molar-refractivity contribution < 1.29 is 4.79 Å². The third-order valence-electron chi connectivity index (χ3n) is 3.69. The summed E-state index contributed by atoms with van der Waals surface area (Å²) in [5.41, 5.74) is 0. The molecule has 0 aromatic rings. The highest BCUT2D eigenvalue weighted by molar-refractivity contribution is 8.00. The van der Waals surface area contributed by atoms with E-state index in [0.29, 0.717) is 11.3 Å². The van der Waals surface area contributed by atoms with Crippen molar-refractivity contribution in [2.75, 3.05) is 19.3 Å². The summed E-state index contributed by atoms with van der Waals surface area (Å²) in [4.78, 5) is 11.7. The van der Waals surface area contributed by atoms with Crippen molar-refractivity contribution in [3.63, 3.8) is 0 Å². The van der Waals surface area contributed by atoms with Gasteiger partial charge in [0.2, 0.25) is 5.91 Å². The molecule has 1 fully saturated rings. The summed E-state index contributed by atoms with van der Waals surface area (Å²) >= 11 is 1.94. The van der Waals surface area contributed by atoms with Crippen LogP contribution in [0.5, 0.6) is 0 Å². The summed E-state index contributed by atoms with van der Waals surface area (Å²) in [6, 6.07) is -0.177. The van der Waals surface area contributed by atoms with Crippen LogP contribution in [0.2, 0.25) is 0 Å². The van der Waals surface area contributed by atoms with E-state index in [4.69, 9.17) is 6.42 Å². The number of thioether (sulfide) groups is 1. The molecule has 1 atom stereocenters. The molecular weight excluding hydrogens is 244 g/mol. The fourth-order valence-corrected chi connectivity index (χ4v) is 3.30. The standard InChI is InChI=1S/C14H24N2OS/c1-4-10-15-13(17)12(2)16-11-14(18-3)8-6-5-7-9-14/h1,12,16H,5-11H2,2-3H3,(H,15,17). The minimum atomic E-state index is -0.177. The Labute approximate surface area is 115 Å². The Bertz CT molecular complexity index is 305. The van der Waals surface area contributed by atoms with Crippen LogP contribution in [0.3, 0.4) is 0 Å². The molecule has 0 radical (unpaired) electrons. The molecule has 2 N–H and O–H groups in total. The van der Waals surface area contributed by atoms with Gasteiger partial charge in [-0.05, 0) is 26.0 Å². The molecule has 0 heterocycles. The highest BCUT2D eigenvalue weighted by Gasteiger charge is 2.31. The first-order valence-corrected chi connectivity index (χ1v) is 7.86. The molecule has 4 heteroatoms. The van der Waals surface area contributed by atoms with Gasteiger partial charge in [-0.3, -0.25) is 4.79 Å². The van der Waals surface area contributed by atoms with Gasteiger partial charge in [0.25, 0.3) is 0 Å². The molecule has 1 saturated carbocycles. The van der Waals surface area contributed by atoms with Crippen LogP contribution in [0.4, 0.5) is 0 Å². The second kappa shape index (κ2) is 7.70. The molecule has 3 nitrogen and oxygen atoms in total. The van der Waals surface area contributed by atoms with Gasteiger partial charge in [0.05, 0.1) is 12.6 Å². The number of carbonyl (C=O) groups excluding carboxylic acids is 1. The zero-order valence-electron chi connectivity index (χ0n) is 11.4. The lowest BCUT2D eigenvalue weighted by Crippen LogP contribution is -2.48. The van der Waals surface area contributed by atoms with Crippen LogP contribution in [0.1, 0.15) is 39.0 Å². The van der Waals surface area contributed by atoms with Gasteiger partial charge in [-0.1, -0.05) is 25.2 Å². The zero-order chi connectivity index (χ0) is 13.4. The molecule has 18 heavy (non-hydrogen) atoms. The largest absolute Gasteiger partial charge is 0.344 e. The number of amides is 1. The van der Waals surface area contributed by atoms with E-state index in [-0.39, 0.29) is 11.9 Å². The first-order chi connectivity index (χ1) is 8.63. The van der Waals surface area contributed by atoms with Crippen molar-refractivity contribution >= 4 is 17.7 Å². The molecule has 102 valence electrons. The van der Waals surface area contributed by atoms with Crippen molar-refractivity contribution in [1.82, 2.24) is 10.6 Å². The number of hydrogen-bond acceptors (Lipinski definition) is 3. The Morgan fingerprint density at radius 1 is 1.44 bits per heavy atom. The van der Waals surface area contributed by atoms with E-state index in [1.54, 1.807) is 0 Å². The second-order valence-electron chi connectivity index (χ2n) is 4.97. The van der Waals surface area contributed by atoms with Crippen molar-refractivity contribution in [3.8, 4) is 12.3 Å². The molecule has 0 aliphatic heterocycles. The van der Waals surface area contributed by atoms with Crippen LogP contribution in [0, 0.1) is 12.3 Å². The summed E-state index contributed by atoms with van der Waals surface area (Å²) in [7, 11) is 0. The van der Waals surface area contributed by atoms with Gasteiger partial charge in [0, 0.05) is 11.3 Å². The predicted molar refractivity (Wildman–Crippen MR) is 78.6 cm³/mol. The topological polar surface area (TPSA) is 41.1 Å². The van der Waals surface area contributed by atoms with Crippen molar-refractivity contribution in [2.24, 2.45) is 0 Å². The van der Waals surface area contributed by atoms with Crippen molar-refractivity contribution in [1.29, 1.82) is 0 Å². The molecule has 0 spiro atoms. The zero-order valence-corrected chi connectivity index (χ0v) is 12.2. The van der Waals surface area contributed by atoms with Crippen molar-refractivity contribution in [2.45, 2.75) is 49.8 Å². The Balaban J connectivity index is 2.38. The fraction of sp³-hybridized carbons (Fsp3) is 0.786. The predicted octanol–water partition coefficient (Wildman–Crippen LogP) is 1.78. The minimum absolute atomic E-state index is 0.0139. The van der Waals surface area contributed by atoms with E-state index in [1.807, 2.05) is 18.7 Å². The Morgan fingerprint density at radius 2 is 2.11 bits per heavy atom. The monoisotopic (exact) mass is 268 g/mol. The highest BCUT2D eigenvalue weighted by Crippen LogP contribution is 2.37. The first-order valence-electron chi connectivity index (χ1n) is 6.63. The number of hydrogen-bond donors (Lipinski definition) is 2. The van der Waals surface area contributed by atoms with Crippen molar-refractivity contribution in [3.05, 3.63) is 0 Å². The second-order valence-corrected chi connectivity index (χ2v) is 6.25. The molecule has 0 aromatic heterocycles. The van der Waals surface area contributed by atoms with E-state index >= 15 is 0 Å². The van der Waals surface area contributed by atoms with Gasteiger partial charge in [0.1, 0.15) is 0 Å². The Morgan fingerprint density at radius 3 is 2.67 bits per heavy atom. The quantitative estimate of drug-likeness (QED) is 0.722. The van der Waals surface area contributed by atoms with Gasteiger partial charge in [-0.15, -0.1) is 6.42 Å². The fourth-order valence-electron chi connectivity index (χ4n) is 2.37. The summed E-state index contributed by atoms with van der Waals surface area (Å²) in [6.45, 7) is 3.10. The molecule has 0 aromatic carbocycles. The lowest BCUT2D eigenvalue weighted by Gasteiger charge is -2.36. The summed E-state index contributed by atoms with van der Waals surface area (Å²) < 4.78 is 0.318. The van der Waals surface area contributed by atoms with Crippen LogP contribution in [0.15, 0.2) is 0 Å². The molecule has 1 rings (SSSR count). The number of carbonyl (C=O) groups is 1. The normalized spacial score (nSPS) is 19.8. The molecular formula is C14H24N2OS. The van der Waals surface area contributed by atoms with Crippen LogP contribution < -0.4 is 10.6 Å². The van der Waals surface area contributed by atoms with Crippen LogP contribution in [0.25, 0.3) is 0 Å². The molecule has 0 bridgehead atoms. The number of terminal acetylenes is 1. The summed E-state index contributed by atoms with van der Waals surface area (Å²) in [6.07, 6.45) is 13.8. The molecule has 1 unspecified atom stereocenters. The van der Waals surface area contributed by atoms with E-state index in [0.717, 1.165) is 6.54 Å². The lowest BCUT2D eigenvalue weighted by atomic mass is 9.88. The lowest BCUT2D eigenvalue weighted by molar-refractivity contribution is -0.122. The van der Waals surface area contributed by atoms with Gasteiger partial charge in [-0.2, -0.15) is 11.8 Å². The number of rotatable bonds is 6. The van der Waals surface area contributed by atoms with Gasteiger partial charge < -0.3 is 10.6 Å². The first kappa shape index (κ1) is 15.4. The van der Waals surface area contributed by atoms with Gasteiger partial charge >= 0.3 is 0 Å². The third kappa shape index (κ3) is 4.55. The Hall–Kier alpha value is -0.660. The third-order valence-corrected chi connectivity index (χ3v) is 5.10. The molecule has 0 saturated heterocycles. The average Bonchev–Trinajstić information content (AvgIpc) is 2.43. The summed E-state index contributed by atoms with van der Waals surface area (Å²) in [5.74, 6) is 2.40. The summed E-state index contributed by atoms with van der Waals surface area (Å²) in [5, 5.41) is 6.06. The molecule has 1 amide bonds. The maximum absolute atomic E-state index is 11.7. The SMILES string of the molecule is C#CCNC(=O)C(C)NCC1(SC)CCCCC1. The minimum Gasteiger partial charge on any atom is -0.344 e. The van der Waals surface area contributed by atoms with Crippen LogP contribution in [-0.4, -0.2) is 36.0 Å².